The molecule has 3 aromatic rings. The van der Waals surface area contributed by atoms with E-state index in [0.717, 1.165) is 49.6 Å². The van der Waals surface area contributed by atoms with Gasteiger partial charge < -0.3 is 14.5 Å². The number of carbonyl (C=O) groups excluding carboxylic acids is 1. The zero-order valence-electron chi connectivity index (χ0n) is 18.4. The van der Waals surface area contributed by atoms with Crippen molar-refractivity contribution in [3.63, 3.8) is 0 Å². The molecule has 1 saturated heterocycles. The lowest BCUT2D eigenvalue weighted by molar-refractivity contribution is -0.126. The van der Waals surface area contributed by atoms with Gasteiger partial charge in [0.2, 0.25) is 0 Å². The van der Waals surface area contributed by atoms with Crippen molar-refractivity contribution >= 4 is 11.7 Å². The summed E-state index contributed by atoms with van der Waals surface area (Å²) in [5.41, 5.74) is 2.02. The van der Waals surface area contributed by atoms with Gasteiger partial charge in [-0.05, 0) is 43.9 Å². The summed E-state index contributed by atoms with van der Waals surface area (Å²) in [6, 6.07) is 13.7. The Labute approximate surface area is 183 Å². The number of hydrogen-bond donors (Lipinski definition) is 1. The van der Waals surface area contributed by atoms with Gasteiger partial charge in [-0.3, -0.25) is 9.69 Å². The summed E-state index contributed by atoms with van der Waals surface area (Å²) in [7, 11) is 1.55. The van der Waals surface area contributed by atoms with Crippen molar-refractivity contribution in [2.24, 2.45) is 0 Å². The minimum Gasteiger partial charge on any atom is -0.465 e. The lowest BCUT2D eigenvalue weighted by Crippen LogP contribution is -2.35. The summed E-state index contributed by atoms with van der Waals surface area (Å²) >= 11 is 0. The zero-order valence-corrected chi connectivity index (χ0v) is 18.4. The van der Waals surface area contributed by atoms with E-state index >= 15 is 0 Å². The minimum absolute atomic E-state index is 0.198. The van der Waals surface area contributed by atoms with E-state index in [4.69, 9.17) is 9.15 Å². The summed E-state index contributed by atoms with van der Waals surface area (Å²) < 4.78 is 13.2. The van der Waals surface area contributed by atoms with Crippen LogP contribution in [0, 0.1) is 13.8 Å². The Morgan fingerprint density at radius 2 is 1.97 bits per heavy atom. The maximum atomic E-state index is 12.9. The summed E-state index contributed by atoms with van der Waals surface area (Å²) in [5, 5.41) is 7.50. The molecule has 1 N–H and O–H groups in total. The Morgan fingerprint density at radius 3 is 2.61 bits per heavy atom. The van der Waals surface area contributed by atoms with Crippen LogP contribution in [0.2, 0.25) is 0 Å². The number of aryl methyl sites for hydroxylation is 2. The number of rotatable bonds is 7. The van der Waals surface area contributed by atoms with Crippen LogP contribution in [-0.2, 0) is 16.1 Å². The van der Waals surface area contributed by atoms with Crippen LogP contribution in [0.4, 0.5) is 5.82 Å². The second-order valence-corrected chi connectivity index (χ2v) is 8.14. The molecule has 1 fully saturated rings. The minimum atomic E-state index is -0.661. The quantitative estimate of drug-likeness (QED) is 0.616. The number of carbonyl (C=O) groups is 1. The maximum absolute atomic E-state index is 12.9. The predicted octanol–water partition coefficient (Wildman–Crippen LogP) is 4.26. The molecular weight excluding hydrogens is 392 g/mol. The number of anilines is 1. The van der Waals surface area contributed by atoms with Crippen LogP contribution in [-0.4, -0.2) is 40.8 Å². The standard InChI is InChI=1S/C24H30N4O3/c1-17-15-21(31-18(17)2)16-27-13-10-20(11-14-27)28-22(9-12-25-28)26-24(29)23(30-3)19-7-5-4-6-8-19/h4-9,12,15,20,23H,10-11,13-14,16H2,1-3H3,(H,26,29). The number of nitrogens with zero attached hydrogens (tertiary/aromatic N) is 3. The van der Waals surface area contributed by atoms with Crippen LogP contribution >= 0.6 is 0 Å². The lowest BCUT2D eigenvalue weighted by atomic mass is 10.0. The molecule has 1 atom stereocenters. The number of likely N-dealkylation sites (tertiary alicyclic amines) is 1. The van der Waals surface area contributed by atoms with Crippen molar-refractivity contribution in [3.05, 3.63) is 71.3 Å². The van der Waals surface area contributed by atoms with Crippen LogP contribution in [0.15, 0.2) is 53.1 Å². The van der Waals surface area contributed by atoms with Gasteiger partial charge in [-0.1, -0.05) is 30.3 Å². The zero-order chi connectivity index (χ0) is 21.8. The van der Waals surface area contributed by atoms with Gasteiger partial charge in [0.05, 0.1) is 18.8 Å². The molecule has 1 aliphatic rings. The molecule has 1 aromatic carbocycles. The number of piperidine rings is 1. The first-order chi connectivity index (χ1) is 15.0. The molecule has 31 heavy (non-hydrogen) atoms. The van der Waals surface area contributed by atoms with Gasteiger partial charge in [-0.25, -0.2) is 4.68 Å². The number of aromatic nitrogens is 2. The van der Waals surface area contributed by atoms with E-state index in [1.807, 2.05) is 48.0 Å². The fourth-order valence-electron chi connectivity index (χ4n) is 4.19. The van der Waals surface area contributed by atoms with Crippen molar-refractivity contribution < 1.29 is 13.9 Å². The fourth-order valence-corrected chi connectivity index (χ4v) is 4.19. The molecule has 1 amide bonds. The van der Waals surface area contributed by atoms with E-state index in [0.29, 0.717) is 5.82 Å². The molecular formula is C24H30N4O3. The Bertz CT molecular complexity index is 984. The molecule has 0 radical (unpaired) electrons. The molecule has 0 spiro atoms. The average Bonchev–Trinajstić information content (AvgIpc) is 3.36. The van der Waals surface area contributed by atoms with Crippen molar-refractivity contribution in [1.29, 1.82) is 0 Å². The molecule has 164 valence electrons. The normalized spacial score (nSPS) is 16.4. The molecule has 7 nitrogen and oxygen atoms in total. The molecule has 7 heteroatoms. The Morgan fingerprint density at radius 1 is 1.23 bits per heavy atom. The number of ether oxygens (including phenoxy) is 1. The van der Waals surface area contributed by atoms with Crippen molar-refractivity contribution in [1.82, 2.24) is 14.7 Å². The maximum Gasteiger partial charge on any atom is 0.259 e. The van der Waals surface area contributed by atoms with E-state index in [1.54, 1.807) is 13.3 Å². The van der Waals surface area contributed by atoms with E-state index in [-0.39, 0.29) is 11.9 Å². The third-order valence-electron chi connectivity index (χ3n) is 6.00. The SMILES string of the molecule is COC(C(=O)Nc1ccnn1C1CCN(Cc2cc(C)c(C)o2)CC1)c1ccccc1. The number of hydrogen-bond acceptors (Lipinski definition) is 5. The third kappa shape index (κ3) is 4.89. The van der Waals surface area contributed by atoms with Crippen LogP contribution in [0.1, 0.15) is 47.6 Å². The lowest BCUT2D eigenvalue weighted by Gasteiger charge is -2.32. The molecule has 1 aliphatic heterocycles. The highest BCUT2D eigenvalue weighted by Crippen LogP contribution is 2.28. The third-order valence-corrected chi connectivity index (χ3v) is 6.00. The number of amides is 1. The number of nitrogens with one attached hydrogen (secondary N) is 1. The van der Waals surface area contributed by atoms with Gasteiger partial charge in [0.1, 0.15) is 17.3 Å². The summed E-state index contributed by atoms with van der Waals surface area (Å²) in [5.74, 6) is 2.52. The van der Waals surface area contributed by atoms with Crippen LogP contribution < -0.4 is 5.32 Å². The van der Waals surface area contributed by atoms with Crippen molar-refractivity contribution in [2.75, 3.05) is 25.5 Å². The van der Waals surface area contributed by atoms with Crippen LogP contribution in [0.3, 0.4) is 0 Å². The second kappa shape index (κ2) is 9.49. The Balaban J connectivity index is 1.37. The smallest absolute Gasteiger partial charge is 0.259 e. The average molecular weight is 423 g/mol. The molecule has 0 bridgehead atoms. The topological polar surface area (TPSA) is 72.5 Å². The summed E-state index contributed by atoms with van der Waals surface area (Å²) in [6.45, 7) is 6.83. The van der Waals surface area contributed by atoms with Gasteiger partial charge in [0.15, 0.2) is 6.10 Å². The highest BCUT2D eigenvalue weighted by Gasteiger charge is 2.26. The van der Waals surface area contributed by atoms with Gasteiger partial charge in [-0.2, -0.15) is 5.10 Å². The molecule has 4 rings (SSSR count). The first-order valence-electron chi connectivity index (χ1n) is 10.8. The number of furan rings is 1. The number of benzene rings is 1. The molecule has 2 aromatic heterocycles. The fraction of sp³-hybridized carbons (Fsp3) is 0.417. The molecule has 0 aliphatic carbocycles. The van der Waals surface area contributed by atoms with Gasteiger partial charge in [-0.15, -0.1) is 0 Å². The largest absolute Gasteiger partial charge is 0.465 e. The van der Waals surface area contributed by atoms with E-state index in [1.165, 1.54) is 5.56 Å². The van der Waals surface area contributed by atoms with E-state index in [9.17, 15) is 4.79 Å². The van der Waals surface area contributed by atoms with Crippen LogP contribution in [0.25, 0.3) is 0 Å². The molecule has 3 heterocycles. The van der Waals surface area contributed by atoms with E-state index in [2.05, 4.69) is 28.3 Å². The Hall–Kier alpha value is -2.90. The first kappa shape index (κ1) is 21.3. The van der Waals surface area contributed by atoms with E-state index < -0.39 is 6.10 Å². The highest BCUT2D eigenvalue weighted by molar-refractivity contribution is 5.94. The number of methoxy groups -OCH3 is 1. The highest BCUT2D eigenvalue weighted by atomic mass is 16.5. The molecule has 0 saturated carbocycles. The Kier molecular flexibility index (Phi) is 6.53. The van der Waals surface area contributed by atoms with Crippen LogP contribution in [0.5, 0.6) is 0 Å². The van der Waals surface area contributed by atoms with Gasteiger partial charge in [0, 0.05) is 26.3 Å². The summed E-state index contributed by atoms with van der Waals surface area (Å²) in [4.78, 5) is 15.3. The predicted molar refractivity (Wildman–Crippen MR) is 119 cm³/mol. The second-order valence-electron chi connectivity index (χ2n) is 8.14. The van der Waals surface area contributed by atoms with Crippen molar-refractivity contribution in [3.8, 4) is 0 Å². The van der Waals surface area contributed by atoms with Crippen molar-refractivity contribution in [2.45, 2.75) is 45.4 Å². The van der Waals surface area contributed by atoms with Gasteiger partial charge in [0.25, 0.3) is 5.91 Å². The first-order valence-corrected chi connectivity index (χ1v) is 10.8. The van der Waals surface area contributed by atoms with Gasteiger partial charge >= 0.3 is 0 Å². The molecule has 1 unspecified atom stereocenters. The monoisotopic (exact) mass is 422 g/mol. The summed E-state index contributed by atoms with van der Waals surface area (Å²) in [6.07, 6.45) is 3.01.